The van der Waals surface area contributed by atoms with Gasteiger partial charge in [-0.15, -0.1) is 0 Å². The Morgan fingerprint density at radius 2 is 1.95 bits per heavy atom. The highest BCUT2D eigenvalue weighted by atomic mass is 16.3. The second kappa shape index (κ2) is 6.31. The number of rotatable bonds is 6. The summed E-state index contributed by atoms with van der Waals surface area (Å²) in [6.07, 6.45) is -0.303. The number of nitrogens with two attached hydrogens (primary N) is 1. The summed E-state index contributed by atoms with van der Waals surface area (Å²) in [5, 5.41) is 15.3. The lowest BCUT2D eigenvalue weighted by Gasteiger charge is -2.12. The largest absolute Gasteiger partial charge is 0.387 e. The van der Waals surface area contributed by atoms with E-state index in [1.165, 1.54) is 0 Å². The van der Waals surface area contributed by atoms with Crippen molar-refractivity contribution in [1.29, 1.82) is 0 Å². The van der Waals surface area contributed by atoms with Crippen LogP contribution in [0.3, 0.4) is 0 Å². The van der Waals surface area contributed by atoms with Gasteiger partial charge in [-0.1, -0.05) is 36.4 Å². The first kappa shape index (κ1) is 13.5. The predicted octanol–water partition coefficient (Wildman–Crippen LogP) is 1.34. The van der Waals surface area contributed by atoms with Gasteiger partial charge in [0, 0.05) is 19.5 Å². The lowest BCUT2D eigenvalue weighted by Crippen LogP contribution is -2.26. The Labute approximate surface area is 112 Å². The molecule has 4 N–H and O–H groups in total. The van der Waals surface area contributed by atoms with E-state index in [9.17, 15) is 9.90 Å². The second-order valence-electron chi connectivity index (χ2n) is 4.54. The molecule has 1 amide bonds. The zero-order valence-corrected chi connectivity index (χ0v) is 10.7. The zero-order chi connectivity index (χ0) is 13.7. The van der Waals surface area contributed by atoms with Crippen molar-refractivity contribution in [3.63, 3.8) is 0 Å². The molecule has 0 fully saturated rings. The Morgan fingerprint density at radius 1 is 1.21 bits per heavy atom. The van der Waals surface area contributed by atoms with Crippen molar-refractivity contribution >= 4 is 16.7 Å². The first-order chi connectivity index (χ1) is 9.16. The van der Waals surface area contributed by atoms with Crippen LogP contribution < -0.4 is 11.1 Å². The third-order valence-electron chi connectivity index (χ3n) is 3.04. The third-order valence-corrected chi connectivity index (χ3v) is 3.04. The minimum Gasteiger partial charge on any atom is -0.387 e. The summed E-state index contributed by atoms with van der Waals surface area (Å²) in [4.78, 5) is 10.6. The highest BCUT2D eigenvalue weighted by molar-refractivity contribution is 5.83. The van der Waals surface area contributed by atoms with Crippen molar-refractivity contribution in [3.8, 4) is 0 Å². The molecule has 0 heterocycles. The van der Waals surface area contributed by atoms with Crippen LogP contribution >= 0.6 is 0 Å². The molecule has 0 saturated heterocycles. The lowest BCUT2D eigenvalue weighted by molar-refractivity contribution is -0.117. The first-order valence-electron chi connectivity index (χ1n) is 6.32. The number of aliphatic hydroxyl groups excluding tert-OH is 1. The maximum absolute atomic E-state index is 10.6. The number of carbonyl (C=O) groups is 1. The molecule has 1 atom stereocenters. The van der Waals surface area contributed by atoms with Crippen LogP contribution in [0.5, 0.6) is 0 Å². The maximum atomic E-state index is 10.6. The van der Waals surface area contributed by atoms with Crippen LogP contribution in [-0.4, -0.2) is 24.1 Å². The average molecular weight is 258 g/mol. The number of amides is 1. The fourth-order valence-corrected chi connectivity index (χ4v) is 1.98. The SMILES string of the molecule is NC(=O)CCNCC(O)c1ccc2ccccc2c1. The number of primary amides is 1. The van der Waals surface area contributed by atoms with E-state index in [1.807, 2.05) is 42.5 Å². The lowest BCUT2D eigenvalue weighted by atomic mass is 10.0. The maximum Gasteiger partial charge on any atom is 0.218 e. The molecule has 2 aromatic rings. The number of hydrogen-bond donors (Lipinski definition) is 3. The molecule has 0 saturated carbocycles. The molecule has 4 nitrogen and oxygen atoms in total. The summed E-state index contributed by atoms with van der Waals surface area (Å²) < 4.78 is 0. The Balaban J connectivity index is 1.97. The van der Waals surface area contributed by atoms with Crippen LogP contribution in [0.1, 0.15) is 18.1 Å². The highest BCUT2D eigenvalue weighted by Gasteiger charge is 2.07. The molecule has 4 heteroatoms. The van der Waals surface area contributed by atoms with Gasteiger partial charge in [0.2, 0.25) is 5.91 Å². The van der Waals surface area contributed by atoms with Crippen LogP contribution in [-0.2, 0) is 4.79 Å². The van der Waals surface area contributed by atoms with Gasteiger partial charge in [0.25, 0.3) is 0 Å². The summed E-state index contributed by atoms with van der Waals surface area (Å²) in [6.45, 7) is 0.894. The van der Waals surface area contributed by atoms with Gasteiger partial charge in [0.05, 0.1) is 6.10 Å². The van der Waals surface area contributed by atoms with E-state index in [-0.39, 0.29) is 12.3 Å². The molecule has 2 rings (SSSR count). The normalized spacial score (nSPS) is 12.5. The van der Waals surface area contributed by atoms with Gasteiger partial charge in [-0.2, -0.15) is 0 Å². The molecule has 0 aliphatic carbocycles. The van der Waals surface area contributed by atoms with E-state index >= 15 is 0 Å². The van der Waals surface area contributed by atoms with E-state index in [0.29, 0.717) is 13.1 Å². The van der Waals surface area contributed by atoms with Crippen molar-refractivity contribution in [2.75, 3.05) is 13.1 Å². The van der Waals surface area contributed by atoms with Crippen LogP contribution in [0.4, 0.5) is 0 Å². The predicted molar refractivity (Wildman–Crippen MR) is 75.6 cm³/mol. The topological polar surface area (TPSA) is 75.4 Å². The summed E-state index contributed by atoms with van der Waals surface area (Å²) in [7, 11) is 0. The smallest absolute Gasteiger partial charge is 0.218 e. The van der Waals surface area contributed by atoms with Crippen LogP contribution in [0.25, 0.3) is 10.8 Å². The number of benzene rings is 2. The van der Waals surface area contributed by atoms with Crippen molar-refractivity contribution in [2.45, 2.75) is 12.5 Å². The molecule has 1 unspecified atom stereocenters. The third kappa shape index (κ3) is 3.77. The first-order valence-corrected chi connectivity index (χ1v) is 6.32. The highest BCUT2D eigenvalue weighted by Crippen LogP contribution is 2.19. The van der Waals surface area contributed by atoms with Crippen LogP contribution in [0.15, 0.2) is 42.5 Å². The summed E-state index contributed by atoms with van der Waals surface area (Å²) >= 11 is 0. The van der Waals surface area contributed by atoms with Gasteiger partial charge < -0.3 is 16.2 Å². The van der Waals surface area contributed by atoms with Gasteiger partial charge in [-0.05, 0) is 22.4 Å². The van der Waals surface area contributed by atoms with Crippen LogP contribution in [0, 0.1) is 0 Å². The monoisotopic (exact) mass is 258 g/mol. The quantitative estimate of drug-likeness (QED) is 0.684. The summed E-state index contributed by atoms with van der Waals surface area (Å²) in [6, 6.07) is 13.9. The molecule has 2 aromatic carbocycles. The average Bonchev–Trinajstić information content (AvgIpc) is 2.42. The van der Waals surface area contributed by atoms with Crippen molar-refractivity contribution in [1.82, 2.24) is 5.32 Å². The Hall–Kier alpha value is -1.91. The number of hydrogen-bond acceptors (Lipinski definition) is 3. The molecular formula is C15H18N2O2. The molecule has 0 aliphatic rings. The molecule has 0 aromatic heterocycles. The van der Waals surface area contributed by atoms with Crippen molar-refractivity contribution in [3.05, 3.63) is 48.0 Å². The van der Waals surface area contributed by atoms with Gasteiger partial charge in [0.15, 0.2) is 0 Å². The number of aliphatic hydroxyl groups is 1. The number of carbonyl (C=O) groups excluding carboxylic acids is 1. The van der Waals surface area contributed by atoms with E-state index in [1.54, 1.807) is 0 Å². The standard InChI is InChI=1S/C15H18N2O2/c16-15(19)7-8-17-10-14(18)13-6-5-11-3-1-2-4-12(11)9-13/h1-6,9,14,17-18H,7-8,10H2,(H2,16,19). The van der Waals surface area contributed by atoms with E-state index in [2.05, 4.69) is 5.32 Å². The van der Waals surface area contributed by atoms with E-state index in [4.69, 9.17) is 5.73 Å². The van der Waals surface area contributed by atoms with Gasteiger partial charge >= 0.3 is 0 Å². The molecule has 0 aliphatic heterocycles. The van der Waals surface area contributed by atoms with Gasteiger partial charge in [0.1, 0.15) is 0 Å². The Morgan fingerprint density at radius 3 is 2.68 bits per heavy atom. The van der Waals surface area contributed by atoms with Gasteiger partial charge in [-0.25, -0.2) is 0 Å². The number of fused-ring (bicyclic) bond motifs is 1. The molecule has 0 radical (unpaired) electrons. The molecule has 0 spiro atoms. The Kier molecular flexibility index (Phi) is 4.49. The summed E-state index contributed by atoms with van der Waals surface area (Å²) in [5.41, 5.74) is 5.91. The second-order valence-corrected chi connectivity index (χ2v) is 4.54. The number of nitrogens with one attached hydrogen (secondary N) is 1. The molecular weight excluding hydrogens is 240 g/mol. The van der Waals surface area contributed by atoms with Crippen molar-refractivity contribution in [2.24, 2.45) is 5.73 Å². The van der Waals surface area contributed by atoms with Gasteiger partial charge in [-0.3, -0.25) is 4.79 Å². The Bertz CT molecular complexity index is 569. The minimum absolute atomic E-state index is 0.282. The molecule has 19 heavy (non-hydrogen) atoms. The fraction of sp³-hybridized carbons (Fsp3) is 0.267. The minimum atomic E-state index is -0.586. The fourth-order valence-electron chi connectivity index (χ4n) is 1.98. The zero-order valence-electron chi connectivity index (χ0n) is 10.7. The summed E-state index contributed by atoms with van der Waals surface area (Å²) in [5.74, 6) is -0.340. The van der Waals surface area contributed by atoms with E-state index in [0.717, 1.165) is 16.3 Å². The van der Waals surface area contributed by atoms with Crippen LogP contribution in [0.2, 0.25) is 0 Å². The molecule has 100 valence electrons. The van der Waals surface area contributed by atoms with Crippen molar-refractivity contribution < 1.29 is 9.90 Å². The van der Waals surface area contributed by atoms with E-state index < -0.39 is 6.10 Å². The molecule has 0 bridgehead atoms.